The third kappa shape index (κ3) is 3.65. The van der Waals surface area contributed by atoms with Gasteiger partial charge in [0.05, 0.1) is 12.3 Å². The normalized spacial score (nSPS) is 10.6. The van der Waals surface area contributed by atoms with Crippen molar-refractivity contribution in [2.24, 2.45) is 0 Å². The van der Waals surface area contributed by atoms with E-state index in [1.165, 1.54) is 0 Å². The first-order valence-corrected chi connectivity index (χ1v) is 7.51. The summed E-state index contributed by atoms with van der Waals surface area (Å²) in [6.07, 6.45) is 6.27. The molecule has 0 aliphatic heterocycles. The van der Waals surface area contributed by atoms with Crippen LogP contribution in [-0.4, -0.2) is 21.4 Å². The second kappa shape index (κ2) is 7.09. The molecule has 0 amide bonds. The molecule has 22 heavy (non-hydrogen) atoms. The van der Waals surface area contributed by atoms with Gasteiger partial charge in [0.2, 0.25) is 0 Å². The molecule has 0 bridgehead atoms. The van der Waals surface area contributed by atoms with Gasteiger partial charge < -0.3 is 4.74 Å². The molecule has 0 aliphatic carbocycles. The van der Waals surface area contributed by atoms with Crippen molar-refractivity contribution in [3.63, 3.8) is 0 Å². The highest BCUT2D eigenvalue weighted by Crippen LogP contribution is 2.18. The Labute approximate surface area is 134 Å². The molecule has 0 spiro atoms. The Morgan fingerprint density at radius 2 is 1.73 bits per heavy atom. The number of rotatable bonds is 6. The first-order valence-electron chi connectivity index (χ1n) is 7.13. The van der Waals surface area contributed by atoms with Crippen molar-refractivity contribution in [1.29, 1.82) is 0 Å². The zero-order valence-electron chi connectivity index (χ0n) is 12.0. The van der Waals surface area contributed by atoms with E-state index in [0.717, 1.165) is 30.0 Å². The Kier molecular flexibility index (Phi) is 4.71. The molecule has 4 nitrogen and oxygen atoms in total. The van der Waals surface area contributed by atoms with Gasteiger partial charge in [0.1, 0.15) is 5.75 Å². The number of nitrogens with zero attached hydrogens (tertiary/aromatic N) is 3. The van der Waals surface area contributed by atoms with Crippen molar-refractivity contribution in [3.8, 4) is 17.0 Å². The van der Waals surface area contributed by atoms with E-state index < -0.39 is 0 Å². The van der Waals surface area contributed by atoms with Crippen molar-refractivity contribution < 1.29 is 4.74 Å². The summed E-state index contributed by atoms with van der Waals surface area (Å²) in [5.41, 5.74) is 2.21. The quantitative estimate of drug-likeness (QED) is 0.644. The fraction of sp³-hybridized carbons (Fsp3) is 0.176. The summed E-state index contributed by atoms with van der Waals surface area (Å²) in [7, 11) is 0. The van der Waals surface area contributed by atoms with Crippen LogP contribution in [0.3, 0.4) is 0 Å². The van der Waals surface area contributed by atoms with E-state index in [1.54, 1.807) is 12.4 Å². The number of hydrogen-bond acceptors (Lipinski definition) is 3. The lowest BCUT2D eigenvalue weighted by molar-refractivity contribution is 0.299. The molecule has 2 heterocycles. The first-order chi connectivity index (χ1) is 10.8. The number of aryl methyl sites for hydroxylation is 1. The highest BCUT2D eigenvalue weighted by atomic mass is 35.5. The highest BCUT2D eigenvalue weighted by Gasteiger charge is 2.04. The molecule has 3 aromatic rings. The molecule has 3 rings (SSSR count). The van der Waals surface area contributed by atoms with Crippen LogP contribution in [0.15, 0.2) is 61.1 Å². The minimum atomic E-state index is 0.636. The summed E-state index contributed by atoms with van der Waals surface area (Å²) in [4.78, 5) is 4.04. The van der Waals surface area contributed by atoms with Gasteiger partial charge in [-0.2, -0.15) is 5.10 Å². The third-order valence-corrected chi connectivity index (χ3v) is 3.54. The molecular weight excluding hydrogens is 298 g/mol. The second-order valence-corrected chi connectivity index (χ2v) is 5.27. The van der Waals surface area contributed by atoms with Gasteiger partial charge in [0.15, 0.2) is 0 Å². The number of pyridine rings is 1. The average molecular weight is 314 g/mol. The predicted octanol–water partition coefficient (Wildman–Crippen LogP) is 4.07. The SMILES string of the molecule is Clc1ccc(OCCCn2nccc2-c2ccncc2)cc1. The first kappa shape index (κ1) is 14.6. The summed E-state index contributed by atoms with van der Waals surface area (Å²) >= 11 is 5.84. The number of ether oxygens (including phenoxy) is 1. The molecule has 0 unspecified atom stereocenters. The van der Waals surface area contributed by atoms with Gasteiger partial charge >= 0.3 is 0 Å². The molecule has 0 saturated heterocycles. The monoisotopic (exact) mass is 313 g/mol. The smallest absolute Gasteiger partial charge is 0.119 e. The van der Waals surface area contributed by atoms with Crippen LogP contribution in [0.2, 0.25) is 5.02 Å². The van der Waals surface area contributed by atoms with Crippen LogP contribution in [0.25, 0.3) is 11.3 Å². The molecule has 0 saturated carbocycles. The maximum absolute atomic E-state index is 5.84. The lowest BCUT2D eigenvalue weighted by atomic mass is 10.2. The Morgan fingerprint density at radius 3 is 2.50 bits per heavy atom. The van der Waals surface area contributed by atoms with E-state index >= 15 is 0 Å². The average Bonchev–Trinajstić information content (AvgIpc) is 3.02. The molecule has 0 radical (unpaired) electrons. The van der Waals surface area contributed by atoms with Gasteiger partial charge in [-0.1, -0.05) is 11.6 Å². The second-order valence-electron chi connectivity index (χ2n) is 4.83. The summed E-state index contributed by atoms with van der Waals surface area (Å²) in [6.45, 7) is 1.44. The van der Waals surface area contributed by atoms with Crippen molar-refractivity contribution in [2.45, 2.75) is 13.0 Å². The summed E-state index contributed by atoms with van der Waals surface area (Å²) in [5.74, 6) is 0.833. The van der Waals surface area contributed by atoms with E-state index in [1.807, 2.05) is 53.3 Å². The zero-order chi connectivity index (χ0) is 15.2. The van der Waals surface area contributed by atoms with Gasteiger partial charge in [-0.25, -0.2) is 0 Å². The Bertz CT molecular complexity index is 710. The summed E-state index contributed by atoms with van der Waals surface area (Å²) < 4.78 is 7.68. The predicted molar refractivity (Wildman–Crippen MR) is 87.0 cm³/mol. The van der Waals surface area contributed by atoms with Crippen LogP contribution in [0.4, 0.5) is 0 Å². The summed E-state index contributed by atoms with van der Waals surface area (Å²) in [5, 5.41) is 5.09. The van der Waals surface area contributed by atoms with Crippen molar-refractivity contribution in [3.05, 3.63) is 66.1 Å². The van der Waals surface area contributed by atoms with Crippen LogP contribution >= 0.6 is 11.6 Å². The fourth-order valence-electron chi connectivity index (χ4n) is 2.21. The number of benzene rings is 1. The van der Waals surface area contributed by atoms with E-state index in [9.17, 15) is 0 Å². The van der Waals surface area contributed by atoms with Crippen molar-refractivity contribution in [2.75, 3.05) is 6.61 Å². The van der Waals surface area contributed by atoms with E-state index in [0.29, 0.717) is 11.6 Å². The van der Waals surface area contributed by atoms with Gasteiger partial charge in [-0.15, -0.1) is 0 Å². The Morgan fingerprint density at radius 1 is 0.955 bits per heavy atom. The maximum Gasteiger partial charge on any atom is 0.119 e. The van der Waals surface area contributed by atoms with Crippen LogP contribution < -0.4 is 4.74 Å². The summed E-state index contributed by atoms with van der Waals surface area (Å²) in [6, 6.07) is 13.4. The van der Waals surface area contributed by atoms with Crippen molar-refractivity contribution >= 4 is 11.6 Å². The van der Waals surface area contributed by atoms with Crippen LogP contribution in [0.1, 0.15) is 6.42 Å². The van der Waals surface area contributed by atoms with E-state index in [-0.39, 0.29) is 0 Å². The lowest BCUT2D eigenvalue weighted by Gasteiger charge is -2.09. The molecule has 0 aliphatic rings. The molecule has 0 atom stereocenters. The number of hydrogen-bond donors (Lipinski definition) is 0. The maximum atomic E-state index is 5.84. The minimum Gasteiger partial charge on any atom is -0.494 e. The highest BCUT2D eigenvalue weighted by molar-refractivity contribution is 6.30. The topological polar surface area (TPSA) is 39.9 Å². The third-order valence-electron chi connectivity index (χ3n) is 3.29. The van der Waals surface area contributed by atoms with Gasteiger partial charge in [0, 0.05) is 42.1 Å². The molecule has 1 aromatic carbocycles. The molecule has 0 N–H and O–H groups in total. The van der Waals surface area contributed by atoms with Gasteiger partial charge in [0.25, 0.3) is 0 Å². The molecule has 0 fully saturated rings. The van der Waals surface area contributed by atoms with Crippen molar-refractivity contribution in [1.82, 2.24) is 14.8 Å². The Hall–Kier alpha value is -2.33. The number of aromatic nitrogens is 3. The molecular formula is C17H16ClN3O. The largest absolute Gasteiger partial charge is 0.494 e. The van der Waals surface area contributed by atoms with Crippen LogP contribution in [0, 0.1) is 0 Å². The van der Waals surface area contributed by atoms with Gasteiger partial charge in [-0.3, -0.25) is 9.67 Å². The van der Waals surface area contributed by atoms with Crippen LogP contribution in [0.5, 0.6) is 5.75 Å². The molecule has 112 valence electrons. The standard InChI is InChI=1S/C17H16ClN3O/c18-15-2-4-16(5-3-15)22-13-1-12-21-17(8-11-20-21)14-6-9-19-10-7-14/h2-11H,1,12-13H2. The Balaban J connectivity index is 1.54. The number of halogens is 1. The van der Waals surface area contributed by atoms with E-state index in [2.05, 4.69) is 10.1 Å². The van der Waals surface area contributed by atoms with E-state index in [4.69, 9.17) is 16.3 Å². The van der Waals surface area contributed by atoms with Crippen LogP contribution in [-0.2, 0) is 6.54 Å². The molecule has 2 aromatic heterocycles. The molecule has 5 heteroatoms. The van der Waals surface area contributed by atoms with Gasteiger partial charge in [-0.05, 0) is 42.5 Å². The zero-order valence-corrected chi connectivity index (χ0v) is 12.8. The fourth-order valence-corrected chi connectivity index (χ4v) is 2.34. The lowest BCUT2D eigenvalue weighted by Crippen LogP contribution is -2.07. The minimum absolute atomic E-state index is 0.636.